The molecule has 0 aliphatic heterocycles. The summed E-state index contributed by atoms with van der Waals surface area (Å²) < 4.78 is 5.91. The lowest BCUT2D eigenvalue weighted by atomic mass is 10.2. The standard InChI is InChI=1S/C15H15Cl2N9O2/c1-25(2)7-11-12(20-24-26(11)14-13(18)22-28-23-14)15(27)21-19-6-8-3-4-9(16)5-10(8)17/h3-6H,7H2,1-2H3,(H2,18,22)(H,21,27)/p+1/b19-6-. The number of quaternary nitrogens is 1. The van der Waals surface area contributed by atoms with E-state index >= 15 is 0 Å². The van der Waals surface area contributed by atoms with Crippen LogP contribution in [0, 0.1) is 0 Å². The number of nitrogen functional groups attached to an aromatic ring is 1. The number of benzene rings is 1. The SMILES string of the molecule is C[NH+](C)Cc1c(C(=O)N/N=C\c2ccc(Cl)cc2Cl)nnn1-c1nonc1N. The monoisotopic (exact) mass is 424 g/mol. The molecule has 146 valence electrons. The number of nitrogens with one attached hydrogen (secondary N) is 2. The lowest BCUT2D eigenvalue weighted by Gasteiger charge is -2.08. The maximum atomic E-state index is 12.5. The van der Waals surface area contributed by atoms with E-state index in [9.17, 15) is 4.79 Å². The van der Waals surface area contributed by atoms with Crippen LogP contribution in [0.25, 0.3) is 5.82 Å². The van der Waals surface area contributed by atoms with Crippen molar-refractivity contribution in [1.29, 1.82) is 0 Å². The zero-order valence-corrected chi connectivity index (χ0v) is 16.4. The number of anilines is 1. The highest BCUT2D eigenvalue weighted by Crippen LogP contribution is 2.19. The minimum Gasteiger partial charge on any atom is -0.378 e. The van der Waals surface area contributed by atoms with E-state index in [0.29, 0.717) is 27.8 Å². The zero-order valence-electron chi connectivity index (χ0n) is 14.8. The third kappa shape index (κ3) is 4.27. The summed E-state index contributed by atoms with van der Waals surface area (Å²) in [5.41, 5.74) is 9.25. The Bertz CT molecular complexity index is 1030. The summed E-state index contributed by atoms with van der Waals surface area (Å²) in [6.07, 6.45) is 1.40. The van der Waals surface area contributed by atoms with E-state index in [1.807, 2.05) is 14.1 Å². The summed E-state index contributed by atoms with van der Waals surface area (Å²) in [4.78, 5) is 13.6. The Morgan fingerprint density at radius 2 is 2.18 bits per heavy atom. The van der Waals surface area contributed by atoms with Crippen LogP contribution in [0.3, 0.4) is 0 Å². The first-order chi connectivity index (χ1) is 13.4. The van der Waals surface area contributed by atoms with E-state index in [1.54, 1.807) is 18.2 Å². The van der Waals surface area contributed by atoms with E-state index in [4.69, 9.17) is 28.9 Å². The Balaban J connectivity index is 1.84. The number of hydrazone groups is 1. The number of halogens is 2. The van der Waals surface area contributed by atoms with Gasteiger partial charge in [0.05, 0.1) is 25.3 Å². The van der Waals surface area contributed by atoms with Gasteiger partial charge in [0.1, 0.15) is 12.2 Å². The average Bonchev–Trinajstić information content (AvgIpc) is 3.22. The maximum absolute atomic E-state index is 12.5. The molecule has 0 aliphatic carbocycles. The highest BCUT2D eigenvalue weighted by Gasteiger charge is 2.25. The Labute approximate surface area is 169 Å². The molecule has 1 aromatic carbocycles. The molecule has 1 amide bonds. The summed E-state index contributed by atoms with van der Waals surface area (Å²) in [7, 11) is 3.81. The van der Waals surface area contributed by atoms with Crippen LogP contribution in [-0.4, -0.2) is 51.5 Å². The van der Waals surface area contributed by atoms with Crippen LogP contribution in [0.1, 0.15) is 21.7 Å². The quantitative estimate of drug-likeness (QED) is 0.371. The second-order valence-electron chi connectivity index (χ2n) is 6.02. The first-order valence-electron chi connectivity index (χ1n) is 7.97. The van der Waals surface area contributed by atoms with Gasteiger partial charge in [-0.15, -0.1) is 5.10 Å². The molecule has 0 saturated heterocycles. The first-order valence-corrected chi connectivity index (χ1v) is 8.73. The Hall–Kier alpha value is -3.02. The first kappa shape index (κ1) is 19.7. The molecule has 0 spiro atoms. The van der Waals surface area contributed by atoms with E-state index in [0.717, 1.165) is 4.90 Å². The van der Waals surface area contributed by atoms with Gasteiger partial charge >= 0.3 is 0 Å². The summed E-state index contributed by atoms with van der Waals surface area (Å²) in [5.74, 6) is -0.375. The molecule has 11 nitrogen and oxygen atoms in total. The molecule has 0 radical (unpaired) electrons. The predicted molar refractivity (Wildman–Crippen MR) is 102 cm³/mol. The number of rotatable bonds is 6. The van der Waals surface area contributed by atoms with Crippen molar-refractivity contribution in [2.45, 2.75) is 6.54 Å². The summed E-state index contributed by atoms with van der Waals surface area (Å²) in [5, 5.41) is 19.9. The van der Waals surface area contributed by atoms with E-state index in [2.05, 4.69) is 35.8 Å². The Morgan fingerprint density at radius 3 is 2.82 bits per heavy atom. The number of hydrogen-bond acceptors (Lipinski definition) is 8. The van der Waals surface area contributed by atoms with Gasteiger partial charge in [-0.2, -0.15) is 9.78 Å². The number of aromatic nitrogens is 5. The van der Waals surface area contributed by atoms with Crippen molar-refractivity contribution in [2.24, 2.45) is 5.10 Å². The van der Waals surface area contributed by atoms with Gasteiger partial charge in [-0.3, -0.25) is 4.79 Å². The van der Waals surface area contributed by atoms with Crippen LogP contribution in [0.2, 0.25) is 10.0 Å². The second-order valence-corrected chi connectivity index (χ2v) is 6.86. The average molecular weight is 425 g/mol. The minimum absolute atomic E-state index is 0.0299. The molecule has 0 bridgehead atoms. The fourth-order valence-corrected chi connectivity index (χ4v) is 2.76. The van der Waals surface area contributed by atoms with Crippen molar-refractivity contribution in [3.05, 3.63) is 45.2 Å². The van der Waals surface area contributed by atoms with Crippen molar-refractivity contribution in [3.63, 3.8) is 0 Å². The van der Waals surface area contributed by atoms with Crippen molar-refractivity contribution >= 4 is 41.1 Å². The molecule has 2 aromatic heterocycles. The minimum atomic E-state index is -0.557. The molecule has 28 heavy (non-hydrogen) atoms. The number of amides is 1. The molecule has 0 aliphatic rings. The third-order valence-corrected chi connectivity index (χ3v) is 4.09. The van der Waals surface area contributed by atoms with Gasteiger partial charge in [0.15, 0.2) is 5.69 Å². The van der Waals surface area contributed by atoms with Crippen molar-refractivity contribution in [1.82, 2.24) is 30.7 Å². The summed E-state index contributed by atoms with van der Waals surface area (Å²) in [6, 6.07) is 4.92. The highest BCUT2D eigenvalue weighted by molar-refractivity contribution is 6.36. The largest absolute Gasteiger partial charge is 0.378 e. The number of nitrogens with zero attached hydrogens (tertiary/aromatic N) is 6. The molecule has 3 rings (SSSR count). The van der Waals surface area contributed by atoms with Gasteiger partial charge in [-0.25, -0.2) is 10.1 Å². The van der Waals surface area contributed by atoms with Crippen LogP contribution in [0.15, 0.2) is 27.9 Å². The van der Waals surface area contributed by atoms with Crippen LogP contribution in [0.5, 0.6) is 0 Å². The molecule has 0 saturated carbocycles. The Morgan fingerprint density at radius 1 is 1.39 bits per heavy atom. The zero-order chi connectivity index (χ0) is 20.3. The number of carbonyl (C=O) groups is 1. The van der Waals surface area contributed by atoms with E-state index < -0.39 is 5.91 Å². The van der Waals surface area contributed by atoms with Crippen LogP contribution in [-0.2, 0) is 6.54 Å². The Kier molecular flexibility index (Phi) is 5.87. The number of hydrogen-bond donors (Lipinski definition) is 3. The molecule has 2 heterocycles. The highest BCUT2D eigenvalue weighted by atomic mass is 35.5. The third-order valence-electron chi connectivity index (χ3n) is 3.53. The predicted octanol–water partition coefficient (Wildman–Crippen LogP) is -0.0523. The van der Waals surface area contributed by atoms with Gasteiger partial charge in [0, 0.05) is 10.6 Å². The molecule has 3 aromatic rings. The van der Waals surface area contributed by atoms with Crippen molar-refractivity contribution in [2.75, 3.05) is 19.8 Å². The molecular weight excluding hydrogens is 409 g/mol. The lowest BCUT2D eigenvalue weighted by Crippen LogP contribution is -3.04. The lowest BCUT2D eigenvalue weighted by molar-refractivity contribution is -0.873. The molecule has 0 atom stereocenters. The molecular formula is C15H16Cl2N9O2+. The van der Waals surface area contributed by atoms with Gasteiger partial charge in [-0.05, 0) is 22.4 Å². The normalized spacial score (nSPS) is 11.5. The summed E-state index contributed by atoms with van der Waals surface area (Å²) >= 11 is 11.9. The fraction of sp³-hybridized carbons (Fsp3) is 0.200. The number of carbonyl (C=O) groups excluding carboxylic acids is 1. The molecule has 13 heteroatoms. The smallest absolute Gasteiger partial charge is 0.294 e. The van der Waals surface area contributed by atoms with Gasteiger partial charge < -0.3 is 10.6 Å². The fourth-order valence-electron chi connectivity index (χ4n) is 2.30. The molecule has 0 fully saturated rings. The van der Waals surface area contributed by atoms with Crippen LogP contribution < -0.4 is 16.1 Å². The number of nitrogens with two attached hydrogens (primary N) is 1. The van der Waals surface area contributed by atoms with Crippen molar-refractivity contribution in [3.8, 4) is 5.82 Å². The van der Waals surface area contributed by atoms with E-state index in [1.165, 1.54) is 10.9 Å². The van der Waals surface area contributed by atoms with Gasteiger partial charge in [0.2, 0.25) is 11.6 Å². The molecule has 0 unspecified atom stereocenters. The topological polar surface area (TPSA) is 142 Å². The van der Waals surface area contributed by atoms with E-state index in [-0.39, 0.29) is 17.3 Å². The van der Waals surface area contributed by atoms with Crippen molar-refractivity contribution < 1.29 is 14.3 Å². The molecule has 4 N–H and O–H groups in total. The maximum Gasteiger partial charge on any atom is 0.294 e. The van der Waals surface area contributed by atoms with Gasteiger partial charge in [0.25, 0.3) is 5.91 Å². The van der Waals surface area contributed by atoms with Crippen LogP contribution in [0.4, 0.5) is 5.82 Å². The van der Waals surface area contributed by atoms with Gasteiger partial charge in [-0.1, -0.05) is 34.5 Å². The van der Waals surface area contributed by atoms with Crippen LogP contribution >= 0.6 is 23.2 Å². The summed E-state index contributed by atoms with van der Waals surface area (Å²) in [6.45, 7) is 0.411. The second kappa shape index (κ2) is 8.33.